The van der Waals surface area contributed by atoms with Crippen LogP contribution in [0, 0.1) is 0 Å². The van der Waals surface area contributed by atoms with Crippen LogP contribution < -0.4 is 0 Å². The molecule has 0 aromatic carbocycles. The first-order valence-electron chi connectivity index (χ1n) is 6.49. The monoisotopic (exact) mass is 299 g/mol. The van der Waals surface area contributed by atoms with E-state index in [1.165, 1.54) is 31.4 Å². The van der Waals surface area contributed by atoms with Crippen LogP contribution in [0.1, 0.15) is 31.4 Å². The van der Waals surface area contributed by atoms with Crippen LogP contribution in [-0.4, -0.2) is 39.1 Å². The predicted molar refractivity (Wildman–Crippen MR) is 74.5 cm³/mol. The number of rotatable bonds is 4. The van der Waals surface area contributed by atoms with Gasteiger partial charge in [-0.25, -0.2) is 0 Å². The Bertz CT molecular complexity index is 350. The van der Waals surface area contributed by atoms with Crippen molar-refractivity contribution in [2.45, 2.75) is 43.0 Å². The van der Waals surface area contributed by atoms with Crippen molar-refractivity contribution in [3.05, 3.63) is 18.0 Å². The summed E-state index contributed by atoms with van der Waals surface area (Å²) in [5.74, 6) is 0. The summed E-state index contributed by atoms with van der Waals surface area (Å²) in [6, 6.07) is 2.82. The molecule has 1 saturated carbocycles. The quantitative estimate of drug-likeness (QED) is 0.797. The zero-order valence-electron chi connectivity index (χ0n) is 10.8. The molecule has 1 heterocycles. The molecule has 17 heavy (non-hydrogen) atoms. The Morgan fingerprint density at radius 3 is 2.88 bits per heavy atom. The smallest absolute Gasteiger partial charge is 0.0492 e. The topological polar surface area (TPSA) is 21.1 Å². The summed E-state index contributed by atoms with van der Waals surface area (Å²) in [6.45, 7) is 1.12. The van der Waals surface area contributed by atoms with Gasteiger partial charge in [-0.15, -0.1) is 0 Å². The zero-order chi connectivity index (χ0) is 12.3. The number of alkyl halides is 1. The number of hydrogen-bond acceptors (Lipinski definition) is 2. The van der Waals surface area contributed by atoms with Gasteiger partial charge in [-0.2, -0.15) is 5.10 Å². The van der Waals surface area contributed by atoms with Crippen LogP contribution in [0.25, 0.3) is 0 Å². The van der Waals surface area contributed by atoms with Crippen molar-refractivity contribution >= 4 is 15.9 Å². The molecule has 2 atom stereocenters. The fourth-order valence-electron chi connectivity index (χ4n) is 2.67. The molecule has 1 aromatic heterocycles. The molecule has 0 N–H and O–H groups in total. The minimum absolute atomic E-state index is 0.674. The molecular weight excluding hydrogens is 278 g/mol. The second-order valence-corrected chi connectivity index (χ2v) is 6.22. The summed E-state index contributed by atoms with van der Waals surface area (Å²) in [6.07, 6.45) is 8.37. The van der Waals surface area contributed by atoms with Crippen LogP contribution >= 0.6 is 15.9 Å². The normalized spacial score (nSPS) is 25.4. The van der Waals surface area contributed by atoms with E-state index in [2.05, 4.69) is 39.0 Å². The van der Waals surface area contributed by atoms with Crippen LogP contribution in [0.5, 0.6) is 0 Å². The maximum Gasteiger partial charge on any atom is 0.0492 e. The van der Waals surface area contributed by atoms with E-state index < -0.39 is 0 Å². The number of nitrogens with zero attached hydrogens (tertiary/aromatic N) is 3. The van der Waals surface area contributed by atoms with E-state index in [1.807, 2.05) is 17.9 Å². The van der Waals surface area contributed by atoms with Gasteiger partial charge in [0, 0.05) is 42.8 Å². The zero-order valence-corrected chi connectivity index (χ0v) is 12.4. The molecule has 0 saturated heterocycles. The van der Waals surface area contributed by atoms with Crippen molar-refractivity contribution in [3.8, 4) is 0 Å². The van der Waals surface area contributed by atoms with Crippen LogP contribution in [0.4, 0.5) is 0 Å². The molecule has 2 rings (SSSR count). The van der Waals surface area contributed by atoms with E-state index in [1.54, 1.807) is 0 Å². The summed E-state index contributed by atoms with van der Waals surface area (Å²) in [7, 11) is 4.27. The van der Waals surface area contributed by atoms with E-state index >= 15 is 0 Å². The maximum absolute atomic E-state index is 4.21. The van der Waals surface area contributed by atoms with Crippen molar-refractivity contribution in [2.75, 3.05) is 13.6 Å². The third kappa shape index (κ3) is 3.32. The van der Waals surface area contributed by atoms with E-state index in [0.29, 0.717) is 10.9 Å². The molecule has 0 spiro atoms. The Balaban J connectivity index is 1.84. The third-order valence-electron chi connectivity index (χ3n) is 3.86. The van der Waals surface area contributed by atoms with Crippen LogP contribution in [0.3, 0.4) is 0 Å². The maximum atomic E-state index is 4.21. The van der Waals surface area contributed by atoms with Crippen molar-refractivity contribution in [1.82, 2.24) is 14.7 Å². The molecule has 96 valence electrons. The summed E-state index contributed by atoms with van der Waals surface area (Å²) in [4.78, 5) is 3.18. The van der Waals surface area contributed by atoms with E-state index in [9.17, 15) is 0 Å². The summed E-state index contributed by atoms with van der Waals surface area (Å²) < 4.78 is 1.97. The molecule has 1 aliphatic rings. The Morgan fingerprint density at radius 1 is 1.47 bits per heavy atom. The van der Waals surface area contributed by atoms with Gasteiger partial charge in [0.2, 0.25) is 0 Å². The largest absolute Gasteiger partial charge is 0.302 e. The predicted octanol–water partition coefficient (Wildman–Crippen LogP) is 2.60. The van der Waals surface area contributed by atoms with Crippen molar-refractivity contribution in [3.63, 3.8) is 0 Å². The Hall–Kier alpha value is -0.350. The number of aromatic nitrogens is 2. The van der Waals surface area contributed by atoms with Gasteiger partial charge in [0.1, 0.15) is 0 Å². The summed E-state index contributed by atoms with van der Waals surface area (Å²) in [5.41, 5.74) is 1.32. The Kier molecular flexibility index (Phi) is 4.62. The summed E-state index contributed by atoms with van der Waals surface area (Å²) in [5, 5.41) is 4.21. The van der Waals surface area contributed by atoms with Gasteiger partial charge in [-0.1, -0.05) is 28.8 Å². The molecular formula is C13H22BrN3. The average molecular weight is 300 g/mol. The molecule has 1 fully saturated rings. The van der Waals surface area contributed by atoms with Crippen molar-refractivity contribution in [2.24, 2.45) is 7.05 Å². The highest BCUT2D eigenvalue weighted by Gasteiger charge is 2.25. The lowest BCUT2D eigenvalue weighted by molar-refractivity contribution is 0.201. The highest BCUT2D eigenvalue weighted by Crippen LogP contribution is 2.27. The molecule has 1 aromatic rings. The van der Waals surface area contributed by atoms with Gasteiger partial charge in [0.25, 0.3) is 0 Å². The summed E-state index contributed by atoms with van der Waals surface area (Å²) >= 11 is 3.83. The van der Waals surface area contributed by atoms with E-state index in [4.69, 9.17) is 0 Å². The minimum atomic E-state index is 0.674. The lowest BCUT2D eigenvalue weighted by Crippen LogP contribution is -2.41. The molecule has 3 nitrogen and oxygen atoms in total. The van der Waals surface area contributed by atoms with Gasteiger partial charge in [-0.05, 0) is 26.0 Å². The van der Waals surface area contributed by atoms with Gasteiger partial charge < -0.3 is 4.90 Å². The molecule has 1 aliphatic carbocycles. The second-order valence-electron chi connectivity index (χ2n) is 5.04. The van der Waals surface area contributed by atoms with Crippen LogP contribution in [0.15, 0.2) is 12.3 Å². The SMILES string of the molecule is CN(CCc1ccnn1C)C1CCCCC1Br. The number of hydrogen-bond donors (Lipinski definition) is 0. The Labute approximate surface area is 112 Å². The lowest BCUT2D eigenvalue weighted by atomic mass is 9.94. The molecule has 4 heteroatoms. The Morgan fingerprint density at radius 2 is 2.24 bits per heavy atom. The van der Waals surface area contributed by atoms with Crippen LogP contribution in [-0.2, 0) is 13.5 Å². The first-order valence-corrected chi connectivity index (χ1v) is 7.41. The van der Waals surface area contributed by atoms with Crippen LogP contribution in [0.2, 0.25) is 0 Å². The number of halogens is 1. The van der Waals surface area contributed by atoms with Gasteiger partial charge in [0.05, 0.1) is 0 Å². The fraction of sp³-hybridized carbons (Fsp3) is 0.769. The molecule has 0 radical (unpaired) electrons. The third-order valence-corrected chi connectivity index (χ3v) is 4.92. The molecule has 0 aliphatic heterocycles. The standard InChI is InChI=1S/C13H22BrN3/c1-16(13-6-4-3-5-12(13)14)10-8-11-7-9-15-17(11)2/h7,9,12-13H,3-6,8,10H2,1-2H3. The highest BCUT2D eigenvalue weighted by atomic mass is 79.9. The van der Waals surface area contributed by atoms with Gasteiger partial charge in [-0.3, -0.25) is 4.68 Å². The first kappa shape index (κ1) is 13.1. The number of aryl methyl sites for hydroxylation is 1. The van der Waals surface area contributed by atoms with E-state index in [0.717, 1.165) is 13.0 Å². The fourth-order valence-corrected chi connectivity index (χ4v) is 3.66. The minimum Gasteiger partial charge on any atom is -0.302 e. The highest BCUT2D eigenvalue weighted by molar-refractivity contribution is 9.09. The first-order chi connectivity index (χ1) is 8.18. The molecule has 0 bridgehead atoms. The molecule has 2 unspecified atom stereocenters. The lowest BCUT2D eigenvalue weighted by Gasteiger charge is -2.35. The van der Waals surface area contributed by atoms with E-state index in [-0.39, 0.29) is 0 Å². The molecule has 0 amide bonds. The average Bonchev–Trinajstić information content (AvgIpc) is 2.72. The van der Waals surface area contributed by atoms with Gasteiger partial charge >= 0.3 is 0 Å². The second kappa shape index (κ2) is 6.01. The van der Waals surface area contributed by atoms with Gasteiger partial charge in [0.15, 0.2) is 0 Å². The van der Waals surface area contributed by atoms with Crippen molar-refractivity contribution < 1.29 is 0 Å². The van der Waals surface area contributed by atoms with Crippen molar-refractivity contribution in [1.29, 1.82) is 0 Å². The number of likely N-dealkylation sites (N-methyl/N-ethyl adjacent to an activating group) is 1.